The molecular weight excluding hydrogens is 453 g/mol. The zero-order chi connectivity index (χ0) is 23.7. The summed E-state index contributed by atoms with van der Waals surface area (Å²) in [5.41, 5.74) is 2.37. The molecule has 1 fully saturated rings. The van der Waals surface area contributed by atoms with Crippen molar-refractivity contribution in [3.05, 3.63) is 96.3 Å². The lowest BCUT2D eigenvalue weighted by Crippen LogP contribution is -2.29. The average Bonchev–Trinajstić information content (AvgIpc) is 3.49. The Bertz CT molecular complexity index is 1310. The molecule has 34 heavy (non-hydrogen) atoms. The molecule has 1 aliphatic heterocycles. The molecule has 0 unspecified atom stereocenters. The van der Waals surface area contributed by atoms with Gasteiger partial charge in [0.1, 0.15) is 34.9 Å². The number of furan rings is 1. The van der Waals surface area contributed by atoms with E-state index in [1.54, 1.807) is 32.5 Å². The van der Waals surface area contributed by atoms with E-state index in [2.05, 4.69) is 10.3 Å². The van der Waals surface area contributed by atoms with Crippen molar-refractivity contribution in [2.45, 2.75) is 12.1 Å². The molecule has 2 aromatic carbocycles. The first-order valence-corrected chi connectivity index (χ1v) is 11.1. The molecule has 0 aliphatic carbocycles. The Morgan fingerprint density at radius 3 is 2.53 bits per heavy atom. The maximum absolute atomic E-state index is 13.4. The number of thiocarbonyl (C=S) groups is 1. The fourth-order valence-corrected chi connectivity index (χ4v) is 4.51. The molecule has 1 aliphatic rings. The van der Waals surface area contributed by atoms with Crippen LogP contribution >= 0.6 is 12.2 Å². The second-order valence-electron chi connectivity index (χ2n) is 7.74. The third kappa shape index (κ3) is 3.97. The minimum absolute atomic E-state index is 0.271. The van der Waals surface area contributed by atoms with Crippen molar-refractivity contribution in [2.24, 2.45) is 0 Å². The molecule has 0 radical (unpaired) electrons. The molecule has 6 nitrogen and oxygen atoms in total. The number of ether oxygens (including phenoxy) is 2. The number of hydrogen-bond acceptors (Lipinski definition) is 5. The number of benzene rings is 2. The third-order valence-corrected chi connectivity index (χ3v) is 6.11. The molecule has 0 bridgehead atoms. The topological polar surface area (TPSA) is 59.8 Å². The zero-order valence-corrected chi connectivity index (χ0v) is 19.4. The molecule has 0 spiro atoms. The van der Waals surface area contributed by atoms with Crippen LogP contribution in [0.4, 0.5) is 10.1 Å². The lowest BCUT2D eigenvalue weighted by atomic mass is 10.0. The highest BCUT2D eigenvalue weighted by Gasteiger charge is 2.43. The maximum atomic E-state index is 13.4. The monoisotopic (exact) mass is 475 g/mol. The number of rotatable bonds is 6. The summed E-state index contributed by atoms with van der Waals surface area (Å²) in [5, 5.41) is 3.92. The van der Waals surface area contributed by atoms with Gasteiger partial charge in [0, 0.05) is 17.8 Å². The molecule has 2 atom stereocenters. The quantitative estimate of drug-likeness (QED) is 0.360. The number of nitrogens with zero attached hydrogens (tertiary/aromatic N) is 2. The van der Waals surface area contributed by atoms with Crippen LogP contribution in [0.5, 0.6) is 11.5 Å². The van der Waals surface area contributed by atoms with Gasteiger partial charge in [0.15, 0.2) is 5.11 Å². The summed E-state index contributed by atoms with van der Waals surface area (Å²) < 4.78 is 30.7. The van der Waals surface area contributed by atoms with Crippen molar-refractivity contribution in [1.82, 2.24) is 10.3 Å². The second kappa shape index (κ2) is 9.15. The Morgan fingerprint density at radius 1 is 1.00 bits per heavy atom. The lowest BCUT2D eigenvalue weighted by molar-refractivity contribution is 0.392. The first kappa shape index (κ1) is 21.9. The third-order valence-electron chi connectivity index (χ3n) is 5.79. The van der Waals surface area contributed by atoms with Crippen LogP contribution in [0.15, 0.2) is 83.4 Å². The Hall–Kier alpha value is -3.91. The largest absolute Gasteiger partial charge is 0.497 e. The van der Waals surface area contributed by atoms with E-state index < -0.39 is 0 Å². The van der Waals surface area contributed by atoms with E-state index in [-0.39, 0.29) is 17.9 Å². The van der Waals surface area contributed by atoms with Crippen LogP contribution in [0, 0.1) is 5.82 Å². The molecule has 0 saturated carbocycles. The molecule has 5 rings (SSSR count). The van der Waals surface area contributed by atoms with Crippen LogP contribution in [-0.2, 0) is 0 Å². The van der Waals surface area contributed by atoms with E-state index >= 15 is 0 Å². The number of nitrogens with one attached hydrogen (secondary N) is 1. The van der Waals surface area contributed by atoms with E-state index in [1.165, 1.54) is 12.1 Å². The molecular formula is C26H22FN3O3S. The SMILES string of the molecule is COc1ccc(N2C(=S)N[C@H](c3ccccn3)[C@@H]2c2ccc(-c3ccc(F)cc3)o2)c(OC)c1. The summed E-state index contributed by atoms with van der Waals surface area (Å²) in [6.45, 7) is 0. The fraction of sp³-hybridized carbons (Fsp3) is 0.154. The van der Waals surface area contributed by atoms with Gasteiger partial charge in [-0.1, -0.05) is 6.07 Å². The van der Waals surface area contributed by atoms with E-state index in [1.807, 2.05) is 53.4 Å². The minimum atomic E-state index is -0.348. The van der Waals surface area contributed by atoms with Crippen LogP contribution in [0.25, 0.3) is 11.3 Å². The number of anilines is 1. The van der Waals surface area contributed by atoms with E-state index in [0.29, 0.717) is 28.1 Å². The number of methoxy groups -OCH3 is 2. The Balaban J connectivity index is 1.62. The molecule has 3 heterocycles. The highest BCUT2D eigenvalue weighted by Crippen LogP contribution is 2.46. The highest BCUT2D eigenvalue weighted by atomic mass is 32.1. The van der Waals surface area contributed by atoms with Crippen LogP contribution in [0.2, 0.25) is 0 Å². The van der Waals surface area contributed by atoms with Gasteiger partial charge >= 0.3 is 0 Å². The van der Waals surface area contributed by atoms with Crippen molar-refractivity contribution >= 4 is 23.0 Å². The van der Waals surface area contributed by atoms with Gasteiger partial charge in [-0.25, -0.2) is 4.39 Å². The summed E-state index contributed by atoms with van der Waals surface area (Å²) >= 11 is 5.78. The predicted molar refractivity (Wildman–Crippen MR) is 132 cm³/mol. The van der Waals surface area contributed by atoms with Gasteiger partial charge in [-0.2, -0.15) is 0 Å². The Kier molecular flexibility index (Phi) is 5.90. The number of hydrogen-bond donors (Lipinski definition) is 1. The molecule has 2 aromatic heterocycles. The number of pyridine rings is 1. The van der Waals surface area contributed by atoms with Crippen molar-refractivity contribution in [2.75, 3.05) is 19.1 Å². The Morgan fingerprint density at radius 2 is 1.82 bits per heavy atom. The van der Waals surface area contributed by atoms with Gasteiger partial charge in [0.25, 0.3) is 0 Å². The van der Waals surface area contributed by atoms with Gasteiger partial charge in [0.2, 0.25) is 0 Å². The first-order chi connectivity index (χ1) is 16.6. The van der Waals surface area contributed by atoms with Gasteiger partial charge in [0.05, 0.1) is 31.6 Å². The fourth-order valence-electron chi connectivity index (χ4n) is 4.17. The number of halogens is 1. The standard InChI is InChI=1S/C26H22FN3O3S/c1-31-18-10-11-20(23(15-18)32-2)30-25(24(29-26(30)34)19-5-3-4-14-28-19)22-13-12-21(33-22)16-6-8-17(27)9-7-16/h3-15,24-25H,1-2H3,(H,29,34)/t24-,25+/m1/s1. The van der Waals surface area contributed by atoms with Gasteiger partial charge in [-0.05, 0) is 72.9 Å². The summed E-state index contributed by atoms with van der Waals surface area (Å²) in [4.78, 5) is 6.53. The summed E-state index contributed by atoms with van der Waals surface area (Å²) in [6, 6.07) is 20.7. The second-order valence-corrected chi connectivity index (χ2v) is 8.13. The summed E-state index contributed by atoms with van der Waals surface area (Å²) in [7, 11) is 3.21. The number of aromatic nitrogens is 1. The van der Waals surface area contributed by atoms with Gasteiger partial charge in [-0.15, -0.1) is 0 Å². The van der Waals surface area contributed by atoms with Crippen LogP contribution in [0.3, 0.4) is 0 Å². The predicted octanol–water partition coefficient (Wildman–Crippen LogP) is 5.68. The van der Waals surface area contributed by atoms with E-state index in [4.69, 9.17) is 26.1 Å². The maximum Gasteiger partial charge on any atom is 0.174 e. The van der Waals surface area contributed by atoms with E-state index in [0.717, 1.165) is 16.9 Å². The van der Waals surface area contributed by atoms with Crippen LogP contribution < -0.4 is 19.7 Å². The van der Waals surface area contributed by atoms with Crippen molar-refractivity contribution < 1.29 is 18.3 Å². The molecule has 4 aromatic rings. The Labute approximate surface area is 201 Å². The summed E-state index contributed by atoms with van der Waals surface area (Å²) in [5.74, 6) is 2.30. The molecule has 172 valence electrons. The lowest BCUT2D eigenvalue weighted by Gasteiger charge is -2.27. The normalized spacial score (nSPS) is 17.5. The zero-order valence-electron chi connectivity index (χ0n) is 18.6. The molecule has 8 heteroatoms. The van der Waals surface area contributed by atoms with Gasteiger partial charge in [-0.3, -0.25) is 4.98 Å². The molecule has 1 N–H and O–H groups in total. The minimum Gasteiger partial charge on any atom is -0.497 e. The van der Waals surface area contributed by atoms with Crippen molar-refractivity contribution in [3.63, 3.8) is 0 Å². The van der Waals surface area contributed by atoms with E-state index in [9.17, 15) is 4.39 Å². The van der Waals surface area contributed by atoms with Crippen molar-refractivity contribution in [1.29, 1.82) is 0 Å². The summed E-state index contributed by atoms with van der Waals surface area (Å²) in [6.07, 6.45) is 1.75. The first-order valence-electron chi connectivity index (χ1n) is 10.7. The van der Waals surface area contributed by atoms with Crippen LogP contribution in [0.1, 0.15) is 23.5 Å². The highest BCUT2D eigenvalue weighted by molar-refractivity contribution is 7.80. The van der Waals surface area contributed by atoms with Crippen molar-refractivity contribution in [3.8, 4) is 22.8 Å². The van der Waals surface area contributed by atoms with Gasteiger partial charge < -0.3 is 24.1 Å². The average molecular weight is 476 g/mol. The smallest absolute Gasteiger partial charge is 0.174 e. The molecule has 0 amide bonds. The molecule has 1 saturated heterocycles. The van der Waals surface area contributed by atoms with Crippen LogP contribution in [-0.4, -0.2) is 24.3 Å².